The van der Waals surface area contributed by atoms with Crippen LogP contribution in [0, 0.1) is 12.8 Å². The number of carbonyl (C=O) groups is 1. The van der Waals surface area contributed by atoms with Gasteiger partial charge in [0, 0.05) is 30.2 Å². The molecule has 0 bridgehead atoms. The van der Waals surface area contributed by atoms with E-state index in [0.29, 0.717) is 32.1 Å². The van der Waals surface area contributed by atoms with Crippen LogP contribution >= 0.6 is 0 Å². The van der Waals surface area contributed by atoms with E-state index in [2.05, 4.69) is 28.9 Å². The predicted octanol–water partition coefficient (Wildman–Crippen LogP) is 3.80. The SMILES string of the molecule is Cc1cccc2c1c(C(=O)NCC1CCCCCC1)cn2CCC1(O)COC1. The summed E-state index contributed by atoms with van der Waals surface area (Å²) in [5.41, 5.74) is 2.20. The quantitative estimate of drug-likeness (QED) is 0.745. The second kappa shape index (κ2) is 8.26. The first-order valence-corrected chi connectivity index (χ1v) is 10.7. The first-order valence-electron chi connectivity index (χ1n) is 10.7. The summed E-state index contributed by atoms with van der Waals surface area (Å²) in [5.74, 6) is 0.627. The number of aliphatic hydroxyl groups is 1. The molecule has 2 fully saturated rings. The average molecular weight is 385 g/mol. The van der Waals surface area contributed by atoms with Gasteiger partial charge in [0.2, 0.25) is 0 Å². The lowest BCUT2D eigenvalue weighted by molar-refractivity contribution is -0.182. The highest BCUT2D eigenvalue weighted by Crippen LogP contribution is 2.28. The van der Waals surface area contributed by atoms with Crippen LogP contribution in [0.1, 0.15) is 60.9 Å². The average Bonchev–Trinajstić information content (AvgIpc) is 2.85. The van der Waals surface area contributed by atoms with E-state index < -0.39 is 5.60 Å². The predicted molar refractivity (Wildman–Crippen MR) is 111 cm³/mol. The third kappa shape index (κ3) is 4.11. The highest BCUT2D eigenvalue weighted by Gasteiger charge is 2.35. The van der Waals surface area contributed by atoms with Crippen molar-refractivity contribution >= 4 is 16.8 Å². The Hall–Kier alpha value is -1.85. The molecule has 0 atom stereocenters. The summed E-state index contributed by atoms with van der Waals surface area (Å²) in [6.07, 6.45) is 10.3. The number of carbonyl (C=O) groups excluding carboxylic acids is 1. The molecule has 1 aromatic carbocycles. The maximum atomic E-state index is 13.0. The molecular weight excluding hydrogens is 352 g/mol. The Morgan fingerprint density at radius 1 is 1.25 bits per heavy atom. The van der Waals surface area contributed by atoms with Crippen LogP contribution in [0.15, 0.2) is 24.4 Å². The molecule has 152 valence electrons. The number of hydrogen-bond acceptors (Lipinski definition) is 3. The van der Waals surface area contributed by atoms with E-state index >= 15 is 0 Å². The van der Waals surface area contributed by atoms with E-state index in [1.54, 1.807) is 0 Å². The first-order chi connectivity index (χ1) is 13.6. The van der Waals surface area contributed by atoms with Crippen molar-refractivity contribution in [2.75, 3.05) is 19.8 Å². The summed E-state index contributed by atoms with van der Waals surface area (Å²) in [7, 11) is 0. The maximum absolute atomic E-state index is 13.0. The first kappa shape index (κ1) is 19.5. The standard InChI is InChI=1S/C23H32N2O3/c1-17-7-6-10-20-21(17)19(14-25(20)12-11-23(27)15-28-16-23)22(26)24-13-18-8-4-2-3-5-9-18/h6-7,10,14,18,27H,2-5,8-9,11-13,15-16H2,1H3,(H,24,26). The molecule has 1 aliphatic heterocycles. The lowest BCUT2D eigenvalue weighted by Crippen LogP contribution is -2.50. The van der Waals surface area contributed by atoms with Gasteiger partial charge in [0.15, 0.2) is 0 Å². The number of rotatable bonds is 6. The highest BCUT2D eigenvalue weighted by molar-refractivity contribution is 6.08. The van der Waals surface area contributed by atoms with Crippen molar-refractivity contribution in [1.29, 1.82) is 0 Å². The van der Waals surface area contributed by atoms with Crippen molar-refractivity contribution in [1.82, 2.24) is 9.88 Å². The fourth-order valence-corrected chi connectivity index (χ4v) is 4.60. The van der Waals surface area contributed by atoms with Crippen LogP contribution in [-0.4, -0.2) is 40.9 Å². The van der Waals surface area contributed by atoms with Crippen molar-refractivity contribution in [3.63, 3.8) is 0 Å². The molecule has 1 aromatic heterocycles. The van der Waals surface area contributed by atoms with Gasteiger partial charge in [-0.3, -0.25) is 4.79 Å². The van der Waals surface area contributed by atoms with Gasteiger partial charge in [-0.1, -0.05) is 37.8 Å². The number of nitrogens with zero attached hydrogens (tertiary/aromatic N) is 1. The van der Waals surface area contributed by atoms with Gasteiger partial charge in [-0.15, -0.1) is 0 Å². The zero-order valence-corrected chi connectivity index (χ0v) is 16.9. The van der Waals surface area contributed by atoms with E-state index in [9.17, 15) is 9.90 Å². The van der Waals surface area contributed by atoms with Crippen LogP contribution in [0.3, 0.4) is 0 Å². The van der Waals surface area contributed by atoms with E-state index in [0.717, 1.165) is 28.6 Å². The minimum atomic E-state index is -0.720. The minimum absolute atomic E-state index is 0.0213. The smallest absolute Gasteiger partial charge is 0.253 e. The molecule has 28 heavy (non-hydrogen) atoms. The lowest BCUT2D eigenvalue weighted by Gasteiger charge is -2.36. The van der Waals surface area contributed by atoms with Gasteiger partial charge in [0.1, 0.15) is 5.60 Å². The number of amides is 1. The van der Waals surface area contributed by atoms with Crippen molar-refractivity contribution in [2.24, 2.45) is 5.92 Å². The van der Waals surface area contributed by atoms with Crippen LogP contribution in [-0.2, 0) is 11.3 Å². The zero-order chi connectivity index (χ0) is 19.6. The zero-order valence-electron chi connectivity index (χ0n) is 16.9. The van der Waals surface area contributed by atoms with Gasteiger partial charge < -0.3 is 19.7 Å². The number of nitrogens with one attached hydrogen (secondary N) is 1. The third-order valence-corrected chi connectivity index (χ3v) is 6.44. The molecular formula is C23H32N2O3. The van der Waals surface area contributed by atoms with Crippen LogP contribution in [0.4, 0.5) is 0 Å². The second-order valence-electron chi connectivity index (χ2n) is 8.74. The molecule has 1 amide bonds. The van der Waals surface area contributed by atoms with Gasteiger partial charge in [0.25, 0.3) is 5.91 Å². The van der Waals surface area contributed by atoms with Gasteiger partial charge in [-0.25, -0.2) is 0 Å². The Balaban J connectivity index is 1.51. The topological polar surface area (TPSA) is 63.5 Å². The van der Waals surface area contributed by atoms with Gasteiger partial charge in [-0.05, 0) is 43.7 Å². The van der Waals surface area contributed by atoms with E-state index in [4.69, 9.17) is 4.74 Å². The molecule has 2 aromatic rings. The lowest BCUT2D eigenvalue weighted by atomic mass is 9.98. The van der Waals surface area contributed by atoms with Crippen molar-refractivity contribution in [3.05, 3.63) is 35.5 Å². The molecule has 0 radical (unpaired) electrons. The molecule has 1 saturated carbocycles. The highest BCUT2D eigenvalue weighted by atomic mass is 16.5. The largest absolute Gasteiger partial charge is 0.385 e. The van der Waals surface area contributed by atoms with Crippen LogP contribution in [0.25, 0.3) is 10.9 Å². The fraction of sp³-hybridized carbons (Fsp3) is 0.609. The van der Waals surface area contributed by atoms with Crippen LogP contribution in [0.2, 0.25) is 0 Å². The van der Waals surface area contributed by atoms with Crippen molar-refractivity contribution in [2.45, 2.75) is 64.0 Å². The number of ether oxygens (including phenoxy) is 1. The minimum Gasteiger partial charge on any atom is -0.385 e. The normalized spacial score (nSPS) is 19.9. The summed E-state index contributed by atoms with van der Waals surface area (Å²) in [6.45, 7) is 4.31. The van der Waals surface area contributed by atoms with Crippen molar-refractivity contribution < 1.29 is 14.6 Å². The summed E-state index contributed by atoms with van der Waals surface area (Å²) >= 11 is 0. The Kier molecular flexibility index (Phi) is 5.74. The van der Waals surface area contributed by atoms with Gasteiger partial charge in [-0.2, -0.15) is 0 Å². The molecule has 1 aliphatic carbocycles. The van der Waals surface area contributed by atoms with Crippen molar-refractivity contribution in [3.8, 4) is 0 Å². The van der Waals surface area contributed by atoms with E-state index in [-0.39, 0.29) is 5.91 Å². The molecule has 4 rings (SSSR count). The summed E-state index contributed by atoms with van der Waals surface area (Å²) in [6, 6.07) is 6.15. The number of hydrogen-bond donors (Lipinski definition) is 2. The molecule has 5 heteroatoms. The Labute approximate surface area is 167 Å². The third-order valence-electron chi connectivity index (χ3n) is 6.44. The molecule has 1 saturated heterocycles. The van der Waals surface area contributed by atoms with Crippen LogP contribution in [0.5, 0.6) is 0 Å². The molecule has 0 spiro atoms. The number of fused-ring (bicyclic) bond motifs is 1. The summed E-state index contributed by atoms with van der Waals surface area (Å²) in [5, 5.41) is 14.6. The molecule has 2 N–H and O–H groups in total. The fourth-order valence-electron chi connectivity index (χ4n) is 4.60. The van der Waals surface area contributed by atoms with E-state index in [1.807, 2.05) is 12.3 Å². The molecule has 2 aliphatic rings. The maximum Gasteiger partial charge on any atom is 0.253 e. The summed E-state index contributed by atoms with van der Waals surface area (Å²) in [4.78, 5) is 13.0. The number of aromatic nitrogens is 1. The van der Waals surface area contributed by atoms with Gasteiger partial charge >= 0.3 is 0 Å². The Bertz CT molecular complexity index is 830. The van der Waals surface area contributed by atoms with Crippen LogP contribution < -0.4 is 5.32 Å². The second-order valence-corrected chi connectivity index (χ2v) is 8.74. The Morgan fingerprint density at radius 3 is 2.68 bits per heavy atom. The van der Waals surface area contributed by atoms with Gasteiger partial charge in [0.05, 0.1) is 18.8 Å². The monoisotopic (exact) mass is 384 g/mol. The van der Waals surface area contributed by atoms with E-state index in [1.165, 1.54) is 38.5 Å². The molecule has 5 nitrogen and oxygen atoms in total. The molecule has 0 unspecified atom stereocenters. The molecule has 2 heterocycles. The summed E-state index contributed by atoms with van der Waals surface area (Å²) < 4.78 is 7.26. The Morgan fingerprint density at radius 2 is 2.00 bits per heavy atom. The number of benzene rings is 1. The number of aryl methyl sites for hydroxylation is 2.